The second-order valence-corrected chi connectivity index (χ2v) is 9.15. The molecule has 0 radical (unpaired) electrons. The minimum absolute atomic E-state index is 0.0688. The minimum Gasteiger partial charge on any atom is -0.349 e. The Morgan fingerprint density at radius 3 is 2.62 bits per heavy atom. The van der Waals surface area contributed by atoms with Crippen LogP contribution < -0.4 is 5.32 Å². The molecule has 1 aromatic heterocycles. The highest BCUT2D eigenvalue weighted by atomic mass is 35.5. The number of halogens is 1. The molecule has 1 heterocycles. The van der Waals surface area contributed by atoms with E-state index in [0.29, 0.717) is 0 Å². The molecule has 0 fully saturated rings. The molecule has 0 spiro atoms. The summed E-state index contributed by atoms with van der Waals surface area (Å²) in [4.78, 5) is 13.5. The summed E-state index contributed by atoms with van der Waals surface area (Å²) < 4.78 is 25.6. The normalized spacial score (nSPS) is 13.0. The van der Waals surface area contributed by atoms with Gasteiger partial charge in [0.1, 0.15) is 4.90 Å². The summed E-state index contributed by atoms with van der Waals surface area (Å²) in [5, 5.41) is 4.96. The van der Waals surface area contributed by atoms with E-state index in [2.05, 4.69) is 5.32 Å². The predicted molar refractivity (Wildman–Crippen MR) is 97.3 cm³/mol. The Morgan fingerprint density at radius 1 is 1.33 bits per heavy atom. The van der Waals surface area contributed by atoms with Gasteiger partial charge in [0.25, 0.3) is 5.91 Å². The number of hydrogen-bond donors (Lipinski definition) is 1. The summed E-state index contributed by atoms with van der Waals surface area (Å²) in [6.07, 6.45) is 0.722. The molecule has 2 aromatic rings. The first-order chi connectivity index (χ1) is 11.2. The van der Waals surface area contributed by atoms with Crippen molar-refractivity contribution in [1.29, 1.82) is 0 Å². The molecule has 0 aliphatic rings. The Kier molecular flexibility index (Phi) is 6.03. The molecule has 0 bridgehead atoms. The topological polar surface area (TPSA) is 66.5 Å². The standard InChI is InChI=1S/C16H19ClN2O3S2/c1-11(9-13-5-4-8-23-13)18-16(20)12-6-7-14(17)15(10-12)24(21,22)19(2)3/h4-8,10-11H,9H2,1-3H3,(H,18,20). The van der Waals surface area contributed by atoms with Crippen molar-refractivity contribution in [2.24, 2.45) is 0 Å². The van der Waals surface area contributed by atoms with Crippen LogP contribution in [0.5, 0.6) is 0 Å². The van der Waals surface area contributed by atoms with Gasteiger partial charge in [-0.2, -0.15) is 0 Å². The van der Waals surface area contributed by atoms with Gasteiger partial charge in [0.15, 0.2) is 0 Å². The lowest BCUT2D eigenvalue weighted by molar-refractivity contribution is 0.0940. The molecule has 24 heavy (non-hydrogen) atoms. The third-order valence-electron chi connectivity index (χ3n) is 3.42. The van der Waals surface area contributed by atoms with Crippen molar-refractivity contribution in [3.05, 3.63) is 51.2 Å². The number of nitrogens with one attached hydrogen (secondary N) is 1. The first kappa shape index (κ1) is 18.9. The van der Waals surface area contributed by atoms with Crippen LogP contribution in [0.1, 0.15) is 22.2 Å². The Morgan fingerprint density at radius 2 is 2.04 bits per heavy atom. The maximum atomic E-state index is 12.4. The van der Waals surface area contributed by atoms with Gasteiger partial charge in [-0.25, -0.2) is 12.7 Å². The van der Waals surface area contributed by atoms with Crippen LogP contribution in [-0.2, 0) is 16.4 Å². The zero-order valence-corrected chi connectivity index (χ0v) is 16.0. The third kappa shape index (κ3) is 4.36. The van der Waals surface area contributed by atoms with Crippen molar-refractivity contribution in [3.8, 4) is 0 Å². The fourth-order valence-electron chi connectivity index (χ4n) is 2.13. The van der Waals surface area contributed by atoms with Crippen LogP contribution >= 0.6 is 22.9 Å². The molecule has 0 saturated heterocycles. The molecule has 2 rings (SSSR count). The van der Waals surface area contributed by atoms with Gasteiger partial charge in [0, 0.05) is 37.0 Å². The molecule has 1 unspecified atom stereocenters. The highest BCUT2D eigenvalue weighted by Crippen LogP contribution is 2.25. The maximum Gasteiger partial charge on any atom is 0.251 e. The zero-order chi connectivity index (χ0) is 17.9. The van der Waals surface area contributed by atoms with Gasteiger partial charge in [0.2, 0.25) is 10.0 Å². The molecule has 1 atom stereocenters. The third-order valence-corrected chi connectivity index (χ3v) is 6.61. The van der Waals surface area contributed by atoms with Crippen LogP contribution in [0.3, 0.4) is 0 Å². The lowest BCUT2D eigenvalue weighted by atomic mass is 10.1. The Labute approximate surface area is 151 Å². The monoisotopic (exact) mass is 386 g/mol. The summed E-state index contributed by atoms with van der Waals surface area (Å²) in [7, 11) is -0.874. The van der Waals surface area contributed by atoms with E-state index in [4.69, 9.17) is 11.6 Å². The first-order valence-electron chi connectivity index (χ1n) is 7.27. The largest absolute Gasteiger partial charge is 0.349 e. The summed E-state index contributed by atoms with van der Waals surface area (Å²) in [6, 6.07) is 8.16. The van der Waals surface area contributed by atoms with E-state index in [1.165, 1.54) is 37.2 Å². The van der Waals surface area contributed by atoms with Crippen LogP contribution in [0.4, 0.5) is 0 Å². The smallest absolute Gasteiger partial charge is 0.251 e. The number of benzene rings is 1. The van der Waals surface area contributed by atoms with Gasteiger partial charge in [-0.15, -0.1) is 11.3 Å². The SMILES string of the molecule is CC(Cc1cccs1)NC(=O)c1ccc(Cl)c(S(=O)(=O)N(C)C)c1. The summed E-state index contributed by atoms with van der Waals surface area (Å²) in [5.74, 6) is -0.328. The highest BCUT2D eigenvalue weighted by Gasteiger charge is 2.22. The van der Waals surface area contributed by atoms with Crippen LogP contribution in [0.2, 0.25) is 5.02 Å². The fourth-order valence-corrected chi connectivity index (χ4v) is 4.36. The molecule has 1 aromatic carbocycles. The van der Waals surface area contributed by atoms with Gasteiger partial charge >= 0.3 is 0 Å². The molecule has 1 N–H and O–H groups in total. The van der Waals surface area contributed by atoms with E-state index in [1.807, 2.05) is 24.4 Å². The highest BCUT2D eigenvalue weighted by molar-refractivity contribution is 7.89. The van der Waals surface area contributed by atoms with Gasteiger partial charge in [-0.3, -0.25) is 4.79 Å². The van der Waals surface area contributed by atoms with Crippen molar-refractivity contribution in [1.82, 2.24) is 9.62 Å². The second-order valence-electron chi connectivity index (χ2n) is 5.59. The first-order valence-corrected chi connectivity index (χ1v) is 9.97. The van der Waals surface area contributed by atoms with Crippen molar-refractivity contribution in [3.63, 3.8) is 0 Å². The Balaban J connectivity index is 2.18. The lowest BCUT2D eigenvalue weighted by Crippen LogP contribution is -2.34. The average molecular weight is 387 g/mol. The summed E-state index contributed by atoms with van der Waals surface area (Å²) >= 11 is 7.63. The predicted octanol–water partition coefficient (Wildman–Crippen LogP) is 3.01. The van der Waals surface area contributed by atoms with E-state index < -0.39 is 10.0 Å². The van der Waals surface area contributed by atoms with E-state index in [0.717, 1.165) is 10.7 Å². The zero-order valence-electron chi connectivity index (χ0n) is 13.6. The fraction of sp³-hybridized carbons (Fsp3) is 0.312. The number of carbonyl (C=O) groups is 1. The summed E-state index contributed by atoms with van der Waals surface area (Å²) in [5.41, 5.74) is 0.262. The number of nitrogens with zero attached hydrogens (tertiary/aromatic N) is 1. The van der Waals surface area contributed by atoms with Gasteiger partial charge in [0.05, 0.1) is 5.02 Å². The lowest BCUT2D eigenvalue weighted by Gasteiger charge is -2.16. The molecule has 1 amide bonds. The molecule has 130 valence electrons. The summed E-state index contributed by atoms with van der Waals surface area (Å²) in [6.45, 7) is 1.91. The Bertz CT molecular complexity index is 818. The number of amides is 1. The van der Waals surface area contributed by atoms with Crippen LogP contribution in [-0.4, -0.2) is 38.8 Å². The average Bonchev–Trinajstić information content (AvgIpc) is 2.99. The van der Waals surface area contributed by atoms with Gasteiger partial charge in [-0.1, -0.05) is 17.7 Å². The molecular formula is C16H19ClN2O3S2. The van der Waals surface area contributed by atoms with E-state index in [-0.39, 0.29) is 27.4 Å². The van der Waals surface area contributed by atoms with Gasteiger partial charge in [-0.05, 0) is 36.6 Å². The van der Waals surface area contributed by atoms with Crippen molar-refractivity contribution >= 4 is 38.9 Å². The number of hydrogen-bond acceptors (Lipinski definition) is 4. The van der Waals surface area contributed by atoms with Crippen LogP contribution in [0, 0.1) is 0 Å². The molecular weight excluding hydrogens is 368 g/mol. The number of rotatable bonds is 6. The molecule has 0 saturated carbocycles. The van der Waals surface area contributed by atoms with Gasteiger partial charge < -0.3 is 5.32 Å². The number of sulfonamides is 1. The number of thiophene rings is 1. The van der Waals surface area contributed by atoms with Crippen molar-refractivity contribution < 1.29 is 13.2 Å². The van der Waals surface area contributed by atoms with Crippen molar-refractivity contribution in [2.45, 2.75) is 24.3 Å². The van der Waals surface area contributed by atoms with Crippen LogP contribution in [0.15, 0.2) is 40.6 Å². The number of carbonyl (C=O) groups excluding carboxylic acids is 1. The maximum absolute atomic E-state index is 12.4. The van der Waals surface area contributed by atoms with Crippen molar-refractivity contribution in [2.75, 3.05) is 14.1 Å². The Hall–Kier alpha value is -1.41. The quantitative estimate of drug-likeness (QED) is 0.829. The molecule has 0 aliphatic carbocycles. The molecule has 0 aliphatic heterocycles. The minimum atomic E-state index is -3.71. The van der Waals surface area contributed by atoms with Crippen LogP contribution in [0.25, 0.3) is 0 Å². The van der Waals surface area contributed by atoms with E-state index >= 15 is 0 Å². The second kappa shape index (κ2) is 7.65. The molecule has 8 heteroatoms. The molecule has 5 nitrogen and oxygen atoms in total. The van der Waals surface area contributed by atoms with E-state index in [1.54, 1.807) is 11.3 Å². The van der Waals surface area contributed by atoms with E-state index in [9.17, 15) is 13.2 Å².